The van der Waals surface area contributed by atoms with Crippen LogP contribution in [0.3, 0.4) is 0 Å². The van der Waals surface area contributed by atoms with E-state index in [1.165, 1.54) is 0 Å². The lowest BCUT2D eigenvalue weighted by atomic mass is 10.3. The Labute approximate surface area is 114 Å². The molecule has 19 heavy (non-hydrogen) atoms. The quantitative estimate of drug-likeness (QED) is 0.906. The van der Waals surface area contributed by atoms with Gasteiger partial charge in [0.25, 0.3) is 0 Å². The van der Waals surface area contributed by atoms with Crippen molar-refractivity contribution >= 4 is 11.5 Å². The zero-order valence-electron chi connectivity index (χ0n) is 11.9. The van der Waals surface area contributed by atoms with Gasteiger partial charge in [-0.05, 0) is 39.3 Å². The van der Waals surface area contributed by atoms with E-state index in [1.807, 2.05) is 26.0 Å². The van der Waals surface area contributed by atoms with Gasteiger partial charge in [-0.3, -0.25) is 0 Å². The van der Waals surface area contributed by atoms with Crippen LogP contribution in [-0.2, 0) is 4.74 Å². The summed E-state index contributed by atoms with van der Waals surface area (Å²) in [6.45, 7) is 8.62. The molecule has 0 amide bonds. The summed E-state index contributed by atoms with van der Waals surface area (Å²) in [4.78, 5) is 6.76. The fraction of sp³-hybridized carbons (Fsp3) is 0.643. The molecular formula is C14H23N3O2. The van der Waals surface area contributed by atoms with Crippen LogP contribution in [0.1, 0.15) is 27.2 Å². The van der Waals surface area contributed by atoms with Crippen LogP contribution in [-0.4, -0.2) is 36.9 Å². The maximum Gasteiger partial charge on any atom is 0.239 e. The average Bonchev–Trinajstić information content (AvgIpc) is 2.56. The number of nitrogens with two attached hydrogens (primary N) is 1. The Bertz CT molecular complexity index is 423. The third-order valence-electron chi connectivity index (χ3n) is 3.00. The van der Waals surface area contributed by atoms with Crippen LogP contribution in [0.25, 0.3) is 0 Å². The molecule has 0 aliphatic carbocycles. The first-order valence-corrected chi connectivity index (χ1v) is 6.86. The van der Waals surface area contributed by atoms with E-state index in [1.54, 1.807) is 0 Å². The first-order valence-electron chi connectivity index (χ1n) is 6.86. The van der Waals surface area contributed by atoms with Crippen molar-refractivity contribution in [2.24, 2.45) is 0 Å². The van der Waals surface area contributed by atoms with Crippen molar-refractivity contribution in [2.75, 3.05) is 30.3 Å². The Morgan fingerprint density at radius 2 is 2.26 bits per heavy atom. The molecule has 5 nitrogen and oxygen atoms in total. The van der Waals surface area contributed by atoms with Gasteiger partial charge < -0.3 is 20.1 Å². The van der Waals surface area contributed by atoms with Gasteiger partial charge in [-0.2, -0.15) is 4.98 Å². The van der Waals surface area contributed by atoms with E-state index < -0.39 is 0 Å². The maximum absolute atomic E-state index is 5.89. The van der Waals surface area contributed by atoms with Crippen LogP contribution in [0.5, 0.6) is 5.88 Å². The Hall–Kier alpha value is -1.49. The molecule has 2 rings (SSSR count). The lowest BCUT2D eigenvalue weighted by Crippen LogP contribution is -2.31. The maximum atomic E-state index is 5.89. The van der Waals surface area contributed by atoms with Crippen molar-refractivity contribution in [1.82, 2.24) is 4.98 Å². The van der Waals surface area contributed by atoms with Crippen LogP contribution in [0.4, 0.5) is 11.5 Å². The molecule has 1 aliphatic rings. The van der Waals surface area contributed by atoms with E-state index in [2.05, 4.69) is 16.8 Å². The molecule has 5 heteroatoms. The highest BCUT2D eigenvalue weighted by atomic mass is 16.5. The van der Waals surface area contributed by atoms with Crippen molar-refractivity contribution < 1.29 is 9.47 Å². The van der Waals surface area contributed by atoms with Gasteiger partial charge in [0, 0.05) is 19.7 Å². The van der Waals surface area contributed by atoms with Crippen molar-refractivity contribution in [2.45, 2.75) is 39.4 Å². The van der Waals surface area contributed by atoms with E-state index in [0.29, 0.717) is 11.6 Å². The van der Waals surface area contributed by atoms with Crippen molar-refractivity contribution in [3.63, 3.8) is 0 Å². The number of rotatable bonds is 3. The van der Waals surface area contributed by atoms with Gasteiger partial charge in [0.05, 0.1) is 17.9 Å². The number of pyridine rings is 1. The molecule has 0 spiro atoms. The number of anilines is 2. The Morgan fingerprint density at radius 1 is 1.47 bits per heavy atom. The zero-order valence-corrected chi connectivity index (χ0v) is 11.9. The minimum Gasteiger partial charge on any atom is -0.473 e. The number of aromatic nitrogens is 1. The molecule has 2 heterocycles. The Kier molecular flexibility index (Phi) is 4.47. The lowest BCUT2D eigenvalue weighted by molar-refractivity contribution is 0.0820. The summed E-state index contributed by atoms with van der Waals surface area (Å²) >= 11 is 0. The summed E-state index contributed by atoms with van der Waals surface area (Å²) in [7, 11) is 0. The fourth-order valence-corrected chi connectivity index (χ4v) is 2.14. The van der Waals surface area contributed by atoms with Crippen molar-refractivity contribution in [3.8, 4) is 5.88 Å². The Morgan fingerprint density at radius 3 is 3.00 bits per heavy atom. The minimum absolute atomic E-state index is 0.0661. The smallest absolute Gasteiger partial charge is 0.239 e. The topological polar surface area (TPSA) is 60.6 Å². The molecule has 1 saturated heterocycles. The van der Waals surface area contributed by atoms with Gasteiger partial charge >= 0.3 is 0 Å². The predicted molar refractivity (Wildman–Crippen MR) is 76.7 cm³/mol. The van der Waals surface area contributed by atoms with Crippen molar-refractivity contribution in [1.29, 1.82) is 0 Å². The summed E-state index contributed by atoms with van der Waals surface area (Å²) in [5.41, 5.74) is 6.47. The first kappa shape index (κ1) is 13.9. The molecule has 1 unspecified atom stereocenters. The largest absolute Gasteiger partial charge is 0.473 e. The van der Waals surface area contributed by atoms with Crippen LogP contribution in [0.15, 0.2) is 12.1 Å². The van der Waals surface area contributed by atoms with E-state index in [4.69, 9.17) is 15.2 Å². The third-order valence-corrected chi connectivity index (χ3v) is 3.00. The Balaban J connectivity index is 2.19. The van der Waals surface area contributed by atoms with Crippen LogP contribution in [0.2, 0.25) is 0 Å². The lowest BCUT2D eigenvalue weighted by Gasteiger charge is -2.24. The van der Waals surface area contributed by atoms with Gasteiger partial charge in [0.2, 0.25) is 5.88 Å². The van der Waals surface area contributed by atoms with Crippen LogP contribution < -0.4 is 15.4 Å². The zero-order chi connectivity index (χ0) is 13.8. The number of hydrogen-bond acceptors (Lipinski definition) is 5. The normalized spacial score (nSPS) is 20.4. The predicted octanol–water partition coefficient (Wildman–Crippen LogP) is 2.07. The monoisotopic (exact) mass is 265 g/mol. The number of hydrogen-bond donors (Lipinski definition) is 1. The molecule has 0 radical (unpaired) electrons. The molecule has 106 valence electrons. The third kappa shape index (κ3) is 3.73. The second kappa shape index (κ2) is 6.10. The van der Waals surface area contributed by atoms with E-state index in [9.17, 15) is 0 Å². The second-order valence-electron chi connectivity index (χ2n) is 5.21. The minimum atomic E-state index is 0.0661. The average molecular weight is 265 g/mol. The second-order valence-corrected chi connectivity index (χ2v) is 5.21. The summed E-state index contributed by atoms with van der Waals surface area (Å²) in [5.74, 6) is 1.42. The molecule has 1 aromatic rings. The van der Waals surface area contributed by atoms with Crippen LogP contribution in [0, 0.1) is 0 Å². The van der Waals surface area contributed by atoms with Gasteiger partial charge in [-0.25, -0.2) is 0 Å². The number of ether oxygens (including phenoxy) is 2. The van der Waals surface area contributed by atoms with Crippen molar-refractivity contribution in [3.05, 3.63) is 12.1 Å². The molecule has 1 fully saturated rings. The molecule has 0 bridgehead atoms. The van der Waals surface area contributed by atoms with E-state index >= 15 is 0 Å². The number of nitrogens with zero attached hydrogens (tertiary/aromatic N) is 2. The number of nitrogen functional groups attached to an aromatic ring is 1. The fourth-order valence-electron chi connectivity index (χ4n) is 2.14. The summed E-state index contributed by atoms with van der Waals surface area (Å²) < 4.78 is 11.3. The summed E-state index contributed by atoms with van der Waals surface area (Å²) in [6, 6.07) is 3.80. The molecule has 1 atom stereocenters. The van der Waals surface area contributed by atoms with E-state index in [-0.39, 0.29) is 12.2 Å². The standard InChI is InChI=1S/C14H23N3O2/c1-10(2)19-14-12(15)5-6-13(16-14)17-7-4-8-18-11(3)9-17/h5-6,10-11H,4,7-9,15H2,1-3H3. The molecular weight excluding hydrogens is 242 g/mol. The highest BCUT2D eigenvalue weighted by Gasteiger charge is 2.17. The molecule has 0 saturated carbocycles. The van der Waals surface area contributed by atoms with Gasteiger partial charge in [-0.1, -0.05) is 0 Å². The first-order chi connectivity index (χ1) is 9.06. The van der Waals surface area contributed by atoms with Gasteiger partial charge in [0.15, 0.2) is 0 Å². The van der Waals surface area contributed by atoms with Crippen LogP contribution >= 0.6 is 0 Å². The highest BCUT2D eigenvalue weighted by Crippen LogP contribution is 2.25. The SMILES string of the molecule is CC(C)Oc1nc(N2CCCOC(C)C2)ccc1N. The molecule has 1 aromatic heterocycles. The summed E-state index contributed by atoms with van der Waals surface area (Å²) in [6.07, 6.45) is 1.30. The molecule has 1 aliphatic heterocycles. The van der Waals surface area contributed by atoms with Gasteiger partial charge in [0.1, 0.15) is 5.82 Å². The van der Waals surface area contributed by atoms with E-state index in [0.717, 1.165) is 31.9 Å². The molecule has 2 N–H and O–H groups in total. The molecule has 0 aromatic carbocycles. The highest BCUT2D eigenvalue weighted by molar-refractivity contribution is 5.54. The summed E-state index contributed by atoms with van der Waals surface area (Å²) in [5, 5.41) is 0. The van der Waals surface area contributed by atoms with Gasteiger partial charge in [-0.15, -0.1) is 0 Å².